The fourth-order valence-corrected chi connectivity index (χ4v) is 1.33. The molecule has 0 amide bonds. The minimum Gasteiger partial charge on any atom is -0.387 e. The van der Waals surface area contributed by atoms with Gasteiger partial charge in [0, 0.05) is 0 Å². The van der Waals surface area contributed by atoms with Crippen LogP contribution >= 0.6 is 0 Å². The number of hydrogen-bond acceptors (Lipinski definition) is 2. The zero-order valence-corrected chi connectivity index (χ0v) is 9.42. The van der Waals surface area contributed by atoms with E-state index in [2.05, 4.69) is 0 Å². The van der Waals surface area contributed by atoms with Gasteiger partial charge >= 0.3 is 6.18 Å². The van der Waals surface area contributed by atoms with E-state index in [9.17, 15) is 18.3 Å². The quantitative estimate of drug-likeness (QED) is 0.866. The van der Waals surface area contributed by atoms with Gasteiger partial charge in [0.15, 0.2) is 0 Å². The number of rotatable bonds is 2. The highest BCUT2D eigenvalue weighted by Crippen LogP contribution is 2.34. The number of nitriles is 1. The summed E-state index contributed by atoms with van der Waals surface area (Å²) >= 11 is 0. The third-order valence-electron chi connectivity index (χ3n) is 2.53. The molecule has 0 saturated carbocycles. The predicted molar refractivity (Wildman–Crippen MR) is 55.8 cm³/mol. The molecule has 0 radical (unpaired) electrons. The van der Waals surface area contributed by atoms with Crippen molar-refractivity contribution >= 4 is 0 Å². The summed E-state index contributed by atoms with van der Waals surface area (Å²) < 4.78 is 36.9. The Morgan fingerprint density at radius 3 is 2.00 bits per heavy atom. The molecule has 92 valence electrons. The maximum absolute atomic E-state index is 12.3. The summed E-state index contributed by atoms with van der Waals surface area (Å²) in [5.41, 5.74) is -1.52. The molecule has 1 rings (SSSR count). The Hall–Kier alpha value is -1.54. The Balaban J connectivity index is 3.01. The van der Waals surface area contributed by atoms with Crippen molar-refractivity contribution in [2.24, 2.45) is 5.41 Å². The largest absolute Gasteiger partial charge is 0.416 e. The minimum absolute atomic E-state index is 0.296. The van der Waals surface area contributed by atoms with E-state index in [1.54, 1.807) is 0 Å². The third-order valence-corrected chi connectivity index (χ3v) is 2.53. The van der Waals surface area contributed by atoms with Gasteiger partial charge in [-0.25, -0.2) is 0 Å². The monoisotopic (exact) mass is 243 g/mol. The second-order valence-corrected chi connectivity index (χ2v) is 4.36. The van der Waals surface area contributed by atoms with Crippen molar-refractivity contribution in [3.8, 4) is 6.07 Å². The molecule has 5 heteroatoms. The predicted octanol–water partition coefficient (Wildman–Crippen LogP) is 3.29. The van der Waals surface area contributed by atoms with Crippen LogP contribution in [0.25, 0.3) is 0 Å². The van der Waals surface area contributed by atoms with E-state index >= 15 is 0 Å². The Bertz CT molecular complexity index is 429. The summed E-state index contributed by atoms with van der Waals surface area (Å²) in [6, 6.07) is 6.08. The fraction of sp³-hybridized carbons (Fsp3) is 0.417. The van der Waals surface area contributed by atoms with Gasteiger partial charge in [0.05, 0.1) is 23.2 Å². The van der Waals surface area contributed by atoms with E-state index in [4.69, 9.17) is 5.26 Å². The molecule has 0 aromatic heterocycles. The van der Waals surface area contributed by atoms with Crippen molar-refractivity contribution in [1.82, 2.24) is 0 Å². The molecular weight excluding hydrogens is 231 g/mol. The number of aliphatic hydroxyl groups is 1. The molecular formula is C12H12F3NO. The number of halogens is 3. The SMILES string of the molecule is CC(C)(C#N)C(O)c1ccc(C(F)(F)F)cc1. The topological polar surface area (TPSA) is 44.0 Å². The van der Waals surface area contributed by atoms with Crippen molar-refractivity contribution in [3.05, 3.63) is 35.4 Å². The van der Waals surface area contributed by atoms with E-state index in [1.165, 1.54) is 26.0 Å². The molecule has 0 heterocycles. The Morgan fingerprint density at radius 2 is 1.65 bits per heavy atom. The fourth-order valence-electron chi connectivity index (χ4n) is 1.33. The lowest BCUT2D eigenvalue weighted by Gasteiger charge is -2.23. The highest BCUT2D eigenvalue weighted by Gasteiger charge is 2.32. The second-order valence-electron chi connectivity index (χ2n) is 4.36. The van der Waals surface area contributed by atoms with Gasteiger partial charge in [-0.3, -0.25) is 0 Å². The molecule has 1 aromatic carbocycles. The highest BCUT2D eigenvalue weighted by molar-refractivity contribution is 5.28. The summed E-state index contributed by atoms with van der Waals surface area (Å²) in [7, 11) is 0. The molecule has 2 nitrogen and oxygen atoms in total. The van der Waals surface area contributed by atoms with Crippen LogP contribution in [0.4, 0.5) is 13.2 Å². The molecule has 0 spiro atoms. The highest BCUT2D eigenvalue weighted by atomic mass is 19.4. The van der Waals surface area contributed by atoms with Crippen LogP contribution in [-0.4, -0.2) is 5.11 Å². The van der Waals surface area contributed by atoms with Gasteiger partial charge in [0.25, 0.3) is 0 Å². The molecule has 17 heavy (non-hydrogen) atoms. The molecule has 1 unspecified atom stereocenters. The molecule has 0 aliphatic heterocycles. The van der Waals surface area contributed by atoms with Gasteiger partial charge in [-0.15, -0.1) is 0 Å². The lowest BCUT2D eigenvalue weighted by Crippen LogP contribution is -2.20. The normalized spacial score (nSPS) is 14.2. The maximum atomic E-state index is 12.3. The number of benzene rings is 1. The Kier molecular flexibility index (Phi) is 3.48. The molecule has 0 aliphatic rings. The smallest absolute Gasteiger partial charge is 0.387 e. The lowest BCUT2D eigenvalue weighted by atomic mass is 9.84. The van der Waals surface area contributed by atoms with Gasteiger partial charge in [-0.05, 0) is 31.5 Å². The van der Waals surface area contributed by atoms with Crippen LogP contribution in [0.1, 0.15) is 31.1 Å². The first-order valence-electron chi connectivity index (χ1n) is 4.95. The summed E-state index contributed by atoms with van der Waals surface area (Å²) in [6.45, 7) is 3.05. The number of alkyl halides is 3. The third kappa shape index (κ3) is 2.98. The lowest BCUT2D eigenvalue weighted by molar-refractivity contribution is -0.137. The van der Waals surface area contributed by atoms with E-state index in [0.29, 0.717) is 5.56 Å². The number of nitrogens with zero attached hydrogens (tertiary/aromatic N) is 1. The van der Waals surface area contributed by atoms with E-state index in [-0.39, 0.29) is 0 Å². The zero-order chi connectivity index (χ0) is 13.3. The summed E-state index contributed by atoms with van der Waals surface area (Å²) in [5, 5.41) is 18.7. The van der Waals surface area contributed by atoms with Crippen LogP contribution in [0.15, 0.2) is 24.3 Å². The van der Waals surface area contributed by atoms with Crippen LogP contribution in [0.3, 0.4) is 0 Å². The summed E-state index contributed by atoms with van der Waals surface area (Å²) in [4.78, 5) is 0. The van der Waals surface area contributed by atoms with Crippen molar-refractivity contribution in [3.63, 3.8) is 0 Å². The summed E-state index contributed by atoms with van der Waals surface area (Å²) in [5.74, 6) is 0. The second kappa shape index (κ2) is 4.38. The van der Waals surface area contributed by atoms with E-state index < -0.39 is 23.3 Å². The molecule has 1 aromatic rings. The van der Waals surface area contributed by atoms with Crippen molar-refractivity contribution in [1.29, 1.82) is 5.26 Å². The Morgan fingerprint density at radius 1 is 1.18 bits per heavy atom. The molecule has 1 N–H and O–H groups in total. The van der Waals surface area contributed by atoms with Crippen molar-refractivity contribution in [2.45, 2.75) is 26.1 Å². The van der Waals surface area contributed by atoms with Crippen LogP contribution in [0.2, 0.25) is 0 Å². The van der Waals surface area contributed by atoms with E-state index in [0.717, 1.165) is 12.1 Å². The van der Waals surface area contributed by atoms with Crippen LogP contribution in [0.5, 0.6) is 0 Å². The molecule has 0 saturated heterocycles. The summed E-state index contributed by atoms with van der Waals surface area (Å²) in [6.07, 6.45) is -5.51. The average molecular weight is 243 g/mol. The molecule has 1 atom stereocenters. The first kappa shape index (κ1) is 13.5. The van der Waals surface area contributed by atoms with Gasteiger partial charge in [-0.2, -0.15) is 18.4 Å². The van der Waals surface area contributed by atoms with Gasteiger partial charge < -0.3 is 5.11 Å². The maximum Gasteiger partial charge on any atom is 0.416 e. The minimum atomic E-state index is -4.39. The average Bonchev–Trinajstić information content (AvgIpc) is 2.27. The Labute approximate surface area is 97.3 Å². The van der Waals surface area contributed by atoms with Crippen molar-refractivity contribution in [2.75, 3.05) is 0 Å². The standard InChI is InChI=1S/C12H12F3NO/c1-11(2,7-16)10(17)8-3-5-9(6-4-8)12(13,14)15/h3-6,10,17H,1-2H3. The number of hydrogen-bond donors (Lipinski definition) is 1. The molecule has 0 fully saturated rings. The first-order chi connectivity index (χ1) is 7.68. The molecule has 0 bridgehead atoms. The van der Waals surface area contributed by atoms with Gasteiger partial charge in [-0.1, -0.05) is 12.1 Å². The number of aliphatic hydroxyl groups excluding tert-OH is 1. The zero-order valence-electron chi connectivity index (χ0n) is 9.42. The van der Waals surface area contributed by atoms with Crippen LogP contribution < -0.4 is 0 Å². The van der Waals surface area contributed by atoms with E-state index in [1.807, 2.05) is 6.07 Å². The first-order valence-corrected chi connectivity index (χ1v) is 4.95. The molecule has 0 aliphatic carbocycles. The van der Waals surface area contributed by atoms with Crippen LogP contribution in [0, 0.1) is 16.7 Å². The van der Waals surface area contributed by atoms with Crippen LogP contribution in [-0.2, 0) is 6.18 Å². The van der Waals surface area contributed by atoms with Gasteiger partial charge in [0.1, 0.15) is 0 Å². The van der Waals surface area contributed by atoms with Gasteiger partial charge in [0.2, 0.25) is 0 Å². The van der Waals surface area contributed by atoms with Crippen molar-refractivity contribution < 1.29 is 18.3 Å².